The molecule has 1 aromatic carbocycles. The fraction of sp³-hybridized carbons (Fsp3) is 0.154. The third-order valence-corrected chi connectivity index (χ3v) is 2.68. The van der Waals surface area contributed by atoms with E-state index < -0.39 is 5.91 Å². The monoisotopic (exact) mass is 242 g/mol. The van der Waals surface area contributed by atoms with Crippen LogP contribution in [0.3, 0.4) is 0 Å². The van der Waals surface area contributed by atoms with Gasteiger partial charge >= 0.3 is 0 Å². The van der Waals surface area contributed by atoms with Crippen molar-refractivity contribution in [3.63, 3.8) is 0 Å². The predicted octanol–water partition coefficient (Wildman–Crippen LogP) is 1.44. The van der Waals surface area contributed by atoms with E-state index in [-0.39, 0.29) is 5.95 Å². The number of nitrogens with two attached hydrogens (primary N) is 2. The summed E-state index contributed by atoms with van der Waals surface area (Å²) in [5.41, 5.74) is 14.2. The number of carbonyl (C=O) groups is 1. The summed E-state index contributed by atoms with van der Waals surface area (Å²) >= 11 is 0. The van der Waals surface area contributed by atoms with Crippen molar-refractivity contribution in [1.29, 1.82) is 0 Å². The smallest absolute Gasteiger partial charge is 0.252 e. The van der Waals surface area contributed by atoms with E-state index in [1.54, 1.807) is 6.92 Å². The lowest BCUT2D eigenvalue weighted by molar-refractivity contribution is 0.0999. The van der Waals surface area contributed by atoms with Crippen molar-refractivity contribution in [2.45, 2.75) is 13.8 Å². The molecule has 2 aromatic rings. The highest BCUT2D eigenvalue weighted by Crippen LogP contribution is 2.24. The Balaban J connectivity index is 2.69. The summed E-state index contributed by atoms with van der Waals surface area (Å²) in [5, 5.41) is 0. The first-order chi connectivity index (χ1) is 8.49. The second-order valence-corrected chi connectivity index (χ2v) is 4.12. The summed E-state index contributed by atoms with van der Waals surface area (Å²) in [4.78, 5) is 19.6. The fourth-order valence-electron chi connectivity index (χ4n) is 1.81. The third-order valence-electron chi connectivity index (χ3n) is 2.68. The van der Waals surface area contributed by atoms with E-state index in [4.69, 9.17) is 11.5 Å². The number of nitrogens with zero attached hydrogens (tertiary/aromatic N) is 2. The van der Waals surface area contributed by atoms with E-state index in [0.717, 1.165) is 11.1 Å². The number of amides is 1. The van der Waals surface area contributed by atoms with Gasteiger partial charge in [0.05, 0.1) is 17.0 Å². The molecule has 1 amide bonds. The van der Waals surface area contributed by atoms with Gasteiger partial charge in [0.25, 0.3) is 5.91 Å². The van der Waals surface area contributed by atoms with Gasteiger partial charge in [0.1, 0.15) is 0 Å². The van der Waals surface area contributed by atoms with Gasteiger partial charge in [0.2, 0.25) is 5.95 Å². The summed E-state index contributed by atoms with van der Waals surface area (Å²) in [6.07, 6.45) is 0. The van der Waals surface area contributed by atoms with Crippen molar-refractivity contribution < 1.29 is 4.79 Å². The lowest BCUT2D eigenvalue weighted by Gasteiger charge is -2.09. The van der Waals surface area contributed by atoms with Gasteiger partial charge in [-0.1, -0.05) is 29.8 Å². The van der Waals surface area contributed by atoms with E-state index in [0.29, 0.717) is 17.0 Å². The minimum atomic E-state index is -0.553. The zero-order valence-electron chi connectivity index (χ0n) is 10.3. The largest absolute Gasteiger partial charge is 0.368 e. The maximum atomic E-state index is 11.5. The van der Waals surface area contributed by atoms with Gasteiger partial charge in [-0.15, -0.1) is 0 Å². The van der Waals surface area contributed by atoms with E-state index in [1.165, 1.54) is 0 Å². The van der Waals surface area contributed by atoms with Gasteiger partial charge in [-0.3, -0.25) is 4.79 Å². The van der Waals surface area contributed by atoms with E-state index in [9.17, 15) is 4.79 Å². The summed E-state index contributed by atoms with van der Waals surface area (Å²) in [7, 11) is 0. The first-order valence-electron chi connectivity index (χ1n) is 5.50. The average Bonchev–Trinajstić information content (AvgIpc) is 2.28. The number of hydrogen-bond acceptors (Lipinski definition) is 4. The van der Waals surface area contributed by atoms with Gasteiger partial charge in [-0.05, 0) is 13.8 Å². The van der Waals surface area contributed by atoms with Crippen LogP contribution in [0, 0.1) is 13.8 Å². The molecule has 0 unspecified atom stereocenters. The van der Waals surface area contributed by atoms with Crippen molar-refractivity contribution in [2.24, 2.45) is 5.73 Å². The Labute approximate surface area is 105 Å². The summed E-state index contributed by atoms with van der Waals surface area (Å²) in [6, 6.07) is 7.63. The van der Waals surface area contributed by atoms with E-state index >= 15 is 0 Å². The van der Waals surface area contributed by atoms with Crippen LogP contribution in [0.1, 0.15) is 21.6 Å². The molecule has 0 spiro atoms. The van der Waals surface area contributed by atoms with Gasteiger partial charge in [0.15, 0.2) is 0 Å². The van der Waals surface area contributed by atoms with Gasteiger partial charge in [-0.25, -0.2) is 9.97 Å². The number of carbonyl (C=O) groups excluding carboxylic acids is 1. The molecule has 5 heteroatoms. The van der Waals surface area contributed by atoms with Crippen LogP contribution in [0.15, 0.2) is 24.3 Å². The molecular weight excluding hydrogens is 228 g/mol. The second-order valence-electron chi connectivity index (χ2n) is 4.12. The first-order valence-corrected chi connectivity index (χ1v) is 5.50. The Hall–Kier alpha value is -2.43. The number of anilines is 1. The summed E-state index contributed by atoms with van der Waals surface area (Å²) in [5.74, 6) is -0.420. The number of aromatic nitrogens is 2. The Bertz CT molecular complexity index is 605. The summed E-state index contributed by atoms with van der Waals surface area (Å²) in [6.45, 7) is 3.67. The number of rotatable bonds is 2. The number of aryl methyl sites for hydroxylation is 2. The maximum absolute atomic E-state index is 11.5. The van der Waals surface area contributed by atoms with Crippen LogP contribution in [0.5, 0.6) is 0 Å². The molecule has 0 saturated carbocycles. The molecule has 0 atom stereocenters. The van der Waals surface area contributed by atoms with Crippen molar-refractivity contribution in [2.75, 3.05) is 5.73 Å². The highest BCUT2D eigenvalue weighted by molar-refractivity contribution is 6.00. The highest BCUT2D eigenvalue weighted by atomic mass is 16.1. The van der Waals surface area contributed by atoms with E-state index in [2.05, 4.69) is 9.97 Å². The van der Waals surface area contributed by atoms with Gasteiger partial charge in [0, 0.05) is 5.56 Å². The van der Waals surface area contributed by atoms with Crippen LogP contribution >= 0.6 is 0 Å². The zero-order chi connectivity index (χ0) is 13.3. The first kappa shape index (κ1) is 12.0. The molecule has 1 heterocycles. The lowest BCUT2D eigenvalue weighted by Crippen LogP contribution is -2.17. The minimum Gasteiger partial charge on any atom is -0.368 e. The normalized spacial score (nSPS) is 10.3. The molecular formula is C13H14N4O. The standard InChI is InChI=1S/C13H14N4O/c1-7-3-5-9(6-4-7)11-10(12(14)18)8(2)16-13(15)17-11/h3-6H,1-2H3,(H2,14,18)(H2,15,16,17). The molecule has 0 bridgehead atoms. The molecule has 0 aliphatic heterocycles. The Morgan fingerprint density at radius 1 is 1.11 bits per heavy atom. The van der Waals surface area contributed by atoms with Crippen LogP contribution in [-0.4, -0.2) is 15.9 Å². The fourth-order valence-corrected chi connectivity index (χ4v) is 1.81. The molecule has 4 N–H and O–H groups in total. The van der Waals surface area contributed by atoms with Crippen molar-refractivity contribution in [3.8, 4) is 11.3 Å². The molecule has 0 fully saturated rings. The van der Waals surface area contributed by atoms with Crippen molar-refractivity contribution in [3.05, 3.63) is 41.1 Å². The zero-order valence-corrected chi connectivity index (χ0v) is 10.3. The van der Waals surface area contributed by atoms with Gasteiger partial charge < -0.3 is 11.5 Å². The van der Waals surface area contributed by atoms with Crippen molar-refractivity contribution in [1.82, 2.24) is 9.97 Å². The Kier molecular flexibility index (Phi) is 2.97. The lowest BCUT2D eigenvalue weighted by atomic mass is 10.0. The molecule has 0 aliphatic rings. The minimum absolute atomic E-state index is 0.132. The quantitative estimate of drug-likeness (QED) is 0.833. The Morgan fingerprint density at radius 2 is 1.72 bits per heavy atom. The van der Waals surface area contributed by atoms with Crippen LogP contribution in [0.2, 0.25) is 0 Å². The second kappa shape index (κ2) is 4.44. The van der Waals surface area contributed by atoms with Crippen molar-refractivity contribution >= 4 is 11.9 Å². The molecule has 18 heavy (non-hydrogen) atoms. The predicted molar refractivity (Wildman–Crippen MR) is 69.9 cm³/mol. The van der Waals surface area contributed by atoms with Crippen LogP contribution in [0.4, 0.5) is 5.95 Å². The average molecular weight is 242 g/mol. The number of hydrogen-bond donors (Lipinski definition) is 2. The van der Waals surface area contributed by atoms with Gasteiger partial charge in [-0.2, -0.15) is 0 Å². The molecule has 2 rings (SSSR count). The Morgan fingerprint density at radius 3 is 2.28 bits per heavy atom. The van der Waals surface area contributed by atoms with E-state index in [1.807, 2.05) is 31.2 Å². The molecule has 1 aromatic heterocycles. The molecule has 92 valence electrons. The van der Waals surface area contributed by atoms with Crippen LogP contribution in [0.25, 0.3) is 11.3 Å². The molecule has 5 nitrogen and oxygen atoms in total. The van der Waals surface area contributed by atoms with Crippen LogP contribution in [-0.2, 0) is 0 Å². The SMILES string of the molecule is Cc1ccc(-c2nc(N)nc(C)c2C(N)=O)cc1. The molecule has 0 aliphatic carbocycles. The molecule has 0 saturated heterocycles. The summed E-state index contributed by atoms with van der Waals surface area (Å²) < 4.78 is 0. The topological polar surface area (TPSA) is 94.9 Å². The third kappa shape index (κ3) is 2.15. The maximum Gasteiger partial charge on any atom is 0.252 e. The van der Waals surface area contributed by atoms with Crippen LogP contribution < -0.4 is 11.5 Å². The number of benzene rings is 1. The molecule has 0 radical (unpaired) electrons. The number of nitrogen functional groups attached to an aromatic ring is 1. The highest BCUT2D eigenvalue weighted by Gasteiger charge is 2.16. The number of primary amides is 1.